The van der Waals surface area contributed by atoms with Gasteiger partial charge in [-0.15, -0.1) is 0 Å². The molecule has 0 bridgehead atoms. The van der Waals surface area contributed by atoms with Crippen LogP contribution >= 0.6 is 0 Å². The van der Waals surface area contributed by atoms with Crippen LogP contribution < -0.4 is 14.8 Å². The van der Waals surface area contributed by atoms with E-state index in [1.807, 2.05) is 19.9 Å². The van der Waals surface area contributed by atoms with Gasteiger partial charge in [0.05, 0.1) is 12.0 Å². The summed E-state index contributed by atoms with van der Waals surface area (Å²) < 4.78 is 32.9. The smallest absolute Gasteiger partial charge is 0.261 e. The second-order valence-electron chi connectivity index (χ2n) is 6.61. The lowest BCUT2D eigenvalue weighted by molar-refractivity contribution is 0.102. The van der Waals surface area contributed by atoms with Crippen molar-refractivity contribution in [2.45, 2.75) is 18.7 Å². The molecule has 0 unspecified atom stereocenters. The summed E-state index contributed by atoms with van der Waals surface area (Å²) in [6.07, 6.45) is 0. The molecule has 0 aliphatic rings. The highest BCUT2D eigenvalue weighted by atomic mass is 32.2. The predicted octanol–water partition coefficient (Wildman–Crippen LogP) is 4.37. The van der Waals surface area contributed by atoms with Crippen molar-refractivity contribution >= 4 is 27.3 Å². The second-order valence-corrected chi connectivity index (χ2v) is 8.29. The molecule has 3 aromatic rings. The maximum Gasteiger partial charge on any atom is 0.261 e. The fourth-order valence-corrected chi connectivity index (χ4v) is 3.73. The van der Waals surface area contributed by atoms with Gasteiger partial charge in [-0.1, -0.05) is 6.07 Å². The molecule has 7 heteroatoms. The molecular formula is C22H22N2O4S. The number of amides is 1. The molecule has 3 rings (SSSR count). The number of benzene rings is 3. The van der Waals surface area contributed by atoms with Gasteiger partial charge in [-0.25, -0.2) is 8.42 Å². The Kier molecular flexibility index (Phi) is 5.89. The number of sulfonamides is 1. The van der Waals surface area contributed by atoms with E-state index in [0.29, 0.717) is 22.7 Å². The van der Waals surface area contributed by atoms with Gasteiger partial charge in [-0.3, -0.25) is 9.52 Å². The lowest BCUT2D eigenvalue weighted by Gasteiger charge is -2.11. The van der Waals surface area contributed by atoms with Gasteiger partial charge in [0.1, 0.15) is 5.75 Å². The maximum atomic E-state index is 12.6. The van der Waals surface area contributed by atoms with Crippen LogP contribution in [0.15, 0.2) is 71.6 Å². The molecule has 3 aromatic carbocycles. The van der Waals surface area contributed by atoms with Crippen molar-refractivity contribution in [3.8, 4) is 5.75 Å². The number of anilines is 2. The van der Waals surface area contributed by atoms with Crippen LogP contribution in [0.4, 0.5) is 11.4 Å². The Balaban J connectivity index is 1.71. The van der Waals surface area contributed by atoms with E-state index >= 15 is 0 Å². The molecule has 2 N–H and O–H groups in total. The van der Waals surface area contributed by atoms with E-state index in [1.54, 1.807) is 55.6 Å². The van der Waals surface area contributed by atoms with Crippen LogP contribution in [0.25, 0.3) is 0 Å². The molecule has 0 radical (unpaired) electrons. The van der Waals surface area contributed by atoms with Crippen LogP contribution in [-0.4, -0.2) is 21.4 Å². The number of aryl methyl sites for hydroxylation is 2. The number of nitrogens with one attached hydrogen (secondary N) is 2. The minimum Gasteiger partial charge on any atom is -0.497 e. The summed E-state index contributed by atoms with van der Waals surface area (Å²) in [5.41, 5.74) is 3.56. The molecule has 0 heterocycles. The summed E-state index contributed by atoms with van der Waals surface area (Å²) in [7, 11) is -2.17. The molecule has 6 nitrogen and oxygen atoms in total. The standard InChI is InChI=1S/C22H22N2O4S/c1-15-4-7-19(14-16(15)2)24-29(26,27)21-12-8-18(9-13-21)23-22(25)17-5-10-20(28-3)11-6-17/h4-14,24H,1-3H3,(H,23,25). The molecule has 1 amide bonds. The Morgan fingerprint density at radius 3 is 2.03 bits per heavy atom. The van der Waals surface area contributed by atoms with Crippen molar-refractivity contribution in [3.05, 3.63) is 83.4 Å². The molecule has 0 saturated carbocycles. The lowest BCUT2D eigenvalue weighted by Crippen LogP contribution is -2.14. The van der Waals surface area contributed by atoms with Crippen LogP contribution in [0.2, 0.25) is 0 Å². The van der Waals surface area contributed by atoms with E-state index in [2.05, 4.69) is 10.0 Å². The highest BCUT2D eigenvalue weighted by molar-refractivity contribution is 7.92. The molecular weight excluding hydrogens is 388 g/mol. The first-order valence-electron chi connectivity index (χ1n) is 8.94. The molecule has 0 aliphatic carbocycles. The van der Waals surface area contributed by atoms with Gasteiger partial charge >= 0.3 is 0 Å². The quantitative estimate of drug-likeness (QED) is 0.632. The first kappa shape index (κ1) is 20.4. The number of rotatable bonds is 6. The minimum absolute atomic E-state index is 0.109. The Morgan fingerprint density at radius 2 is 1.45 bits per heavy atom. The Hall–Kier alpha value is -3.32. The van der Waals surface area contributed by atoms with E-state index in [-0.39, 0.29) is 10.8 Å². The number of carbonyl (C=O) groups is 1. The molecule has 0 aliphatic heterocycles. The fourth-order valence-electron chi connectivity index (χ4n) is 2.68. The number of methoxy groups -OCH3 is 1. The third-order valence-electron chi connectivity index (χ3n) is 4.53. The van der Waals surface area contributed by atoms with Gasteiger partial charge in [-0.05, 0) is 85.6 Å². The van der Waals surface area contributed by atoms with Crippen molar-refractivity contribution in [2.75, 3.05) is 17.1 Å². The molecule has 0 saturated heterocycles. The summed E-state index contributed by atoms with van der Waals surface area (Å²) in [4.78, 5) is 12.4. The van der Waals surface area contributed by atoms with Crippen LogP contribution in [0.3, 0.4) is 0 Å². The third kappa shape index (κ3) is 4.94. The van der Waals surface area contributed by atoms with E-state index in [1.165, 1.54) is 12.1 Å². The molecule has 0 atom stereocenters. The Labute approximate surface area is 170 Å². The third-order valence-corrected chi connectivity index (χ3v) is 5.93. The van der Waals surface area contributed by atoms with E-state index in [9.17, 15) is 13.2 Å². The zero-order valence-corrected chi connectivity index (χ0v) is 17.2. The summed E-state index contributed by atoms with van der Waals surface area (Å²) in [5, 5.41) is 2.74. The second kappa shape index (κ2) is 8.36. The summed E-state index contributed by atoms with van der Waals surface area (Å²) >= 11 is 0. The highest BCUT2D eigenvalue weighted by Crippen LogP contribution is 2.21. The zero-order valence-electron chi connectivity index (χ0n) is 16.4. The molecule has 29 heavy (non-hydrogen) atoms. The van der Waals surface area contributed by atoms with E-state index in [0.717, 1.165) is 11.1 Å². The lowest BCUT2D eigenvalue weighted by atomic mass is 10.1. The Morgan fingerprint density at radius 1 is 0.828 bits per heavy atom. The average molecular weight is 410 g/mol. The van der Waals surface area contributed by atoms with E-state index in [4.69, 9.17) is 4.74 Å². The number of carbonyl (C=O) groups excluding carboxylic acids is 1. The van der Waals surface area contributed by atoms with Crippen molar-refractivity contribution in [1.29, 1.82) is 0 Å². The average Bonchev–Trinajstić information content (AvgIpc) is 2.71. The largest absolute Gasteiger partial charge is 0.497 e. The maximum absolute atomic E-state index is 12.6. The first-order chi connectivity index (χ1) is 13.8. The predicted molar refractivity (Wildman–Crippen MR) is 114 cm³/mol. The normalized spacial score (nSPS) is 11.0. The highest BCUT2D eigenvalue weighted by Gasteiger charge is 2.15. The van der Waals surface area contributed by atoms with Crippen LogP contribution in [0.5, 0.6) is 5.75 Å². The Bertz CT molecular complexity index is 1120. The summed E-state index contributed by atoms with van der Waals surface area (Å²) in [6, 6.07) is 18.1. The summed E-state index contributed by atoms with van der Waals surface area (Å²) in [5.74, 6) is 0.365. The first-order valence-corrected chi connectivity index (χ1v) is 10.4. The van der Waals surface area contributed by atoms with Gasteiger partial charge in [0.15, 0.2) is 0 Å². The van der Waals surface area contributed by atoms with Crippen molar-refractivity contribution in [1.82, 2.24) is 0 Å². The van der Waals surface area contributed by atoms with Crippen LogP contribution in [0.1, 0.15) is 21.5 Å². The fraction of sp³-hybridized carbons (Fsp3) is 0.136. The van der Waals surface area contributed by atoms with Crippen molar-refractivity contribution < 1.29 is 17.9 Å². The topological polar surface area (TPSA) is 84.5 Å². The van der Waals surface area contributed by atoms with E-state index < -0.39 is 10.0 Å². The van der Waals surface area contributed by atoms with Crippen LogP contribution in [0, 0.1) is 13.8 Å². The summed E-state index contributed by atoms with van der Waals surface area (Å²) in [6.45, 7) is 3.89. The van der Waals surface area contributed by atoms with Gasteiger partial charge in [-0.2, -0.15) is 0 Å². The number of hydrogen-bond acceptors (Lipinski definition) is 4. The minimum atomic E-state index is -3.72. The van der Waals surface area contributed by atoms with Crippen molar-refractivity contribution in [2.24, 2.45) is 0 Å². The molecule has 150 valence electrons. The van der Waals surface area contributed by atoms with Gasteiger partial charge in [0, 0.05) is 16.9 Å². The van der Waals surface area contributed by atoms with Crippen LogP contribution in [-0.2, 0) is 10.0 Å². The van der Waals surface area contributed by atoms with Gasteiger partial charge < -0.3 is 10.1 Å². The van der Waals surface area contributed by atoms with Gasteiger partial charge in [0.25, 0.3) is 15.9 Å². The number of hydrogen-bond donors (Lipinski definition) is 2. The van der Waals surface area contributed by atoms with Gasteiger partial charge in [0.2, 0.25) is 0 Å². The zero-order chi connectivity index (χ0) is 21.0. The monoisotopic (exact) mass is 410 g/mol. The SMILES string of the molecule is COc1ccc(C(=O)Nc2ccc(S(=O)(=O)Nc3ccc(C)c(C)c3)cc2)cc1. The molecule has 0 fully saturated rings. The molecule has 0 aromatic heterocycles. The number of ether oxygens (including phenoxy) is 1. The molecule has 0 spiro atoms. The van der Waals surface area contributed by atoms with Crippen molar-refractivity contribution in [3.63, 3.8) is 0 Å².